The van der Waals surface area contributed by atoms with E-state index in [2.05, 4.69) is 5.32 Å². The van der Waals surface area contributed by atoms with E-state index in [1.165, 1.54) is 23.1 Å². The summed E-state index contributed by atoms with van der Waals surface area (Å²) in [5, 5.41) is 16.1. The third-order valence-electron chi connectivity index (χ3n) is 5.07. The molecule has 1 N–H and O–H groups in total. The number of ether oxygens (including phenoxy) is 1. The lowest BCUT2D eigenvalue weighted by Crippen LogP contribution is -2.45. The van der Waals surface area contributed by atoms with Crippen LogP contribution in [0.25, 0.3) is 10.8 Å². The van der Waals surface area contributed by atoms with Crippen LogP contribution in [-0.4, -0.2) is 29.9 Å². The zero-order chi connectivity index (χ0) is 21.3. The molecule has 1 aliphatic rings. The minimum atomic E-state index is -0.555. The largest absolute Gasteiger partial charge is 0.482 e. The molecular formula is C22H19N3O5. The van der Waals surface area contributed by atoms with Gasteiger partial charge in [-0.05, 0) is 29.3 Å². The summed E-state index contributed by atoms with van der Waals surface area (Å²) in [6.45, 7) is 1.39. The lowest BCUT2D eigenvalue weighted by Gasteiger charge is -2.29. The number of carbonyl (C=O) groups is 2. The van der Waals surface area contributed by atoms with Crippen molar-refractivity contribution in [3.63, 3.8) is 0 Å². The van der Waals surface area contributed by atoms with Gasteiger partial charge in [-0.1, -0.05) is 42.5 Å². The van der Waals surface area contributed by atoms with Crippen LogP contribution < -0.4 is 15.0 Å². The van der Waals surface area contributed by atoms with Crippen molar-refractivity contribution in [1.82, 2.24) is 5.32 Å². The first kappa shape index (κ1) is 19.4. The summed E-state index contributed by atoms with van der Waals surface area (Å²) in [7, 11) is 0. The third kappa shape index (κ3) is 3.67. The van der Waals surface area contributed by atoms with Gasteiger partial charge in [-0.2, -0.15) is 0 Å². The van der Waals surface area contributed by atoms with Crippen molar-refractivity contribution >= 4 is 34.0 Å². The minimum absolute atomic E-state index is 0.179. The first-order valence-corrected chi connectivity index (χ1v) is 9.42. The molecule has 0 aliphatic carbocycles. The Morgan fingerprint density at radius 2 is 1.97 bits per heavy atom. The number of carbonyl (C=O) groups excluding carboxylic acids is 2. The molecule has 1 heterocycles. The van der Waals surface area contributed by atoms with Gasteiger partial charge >= 0.3 is 0 Å². The number of non-ortho nitro benzene ring substituents is 1. The van der Waals surface area contributed by atoms with Crippen molar-refractivity contribution in [3.05, 3.63) is 76.3 Å². The number of hydrogen-bond acceptors (Lipinski definition) is 5. The second-order valence-corrected chi connectivity index (χ2v) is 7.04. The molecule has 1 aliphatic heterocycles. The van der Waals surface area contributed by atoms with E-state index in [9.17, 15) is 19.7 Å². The zero-order valence-electron chi connectivity index (χ0n) is 16.2. The van der Waals surface area contributed by atoms with Gasteiger partial charge in [-0.3, -0.25) is 24.6 Å². The highest BCUT2D eigenvalue weighted by Gasteiger charge is 2.29. The van der Waals surface area contributed by atoms with Gasteiger partial charge < -0.3 is 10.1 Å². The normalized spacial score (nSPS) is 14.0. The van der Waals surface area contributed by atoms with E-state index >= 15 is 0 Å². The van der Waals surface area contributed by atoms with Gasteiger partial charge in [-0.15, -0.1) is 0 Å². The second kappa shape index (κ2) is 7.82. The monoisotopic (exact) mass is 405 g/mol. The standard InChI is InChI=1S/C22H19N3O5/c1-14(17-8-4-6-15-5-2-3-7-18(15)17)23-21(26)12-24-19-11-16(25(28)29)9-10-20(19)30-13-22(24)27/h2-11,14H,12-13H2,1H3,(H,23,26). The highest BCUT2D eigenvalue weighted by atomic mass is 16.6. The number of rotatable bonds is 5. The van der Waals surface area contributed by atoms with Gasteiger partial charge in [-0.25, -0.2) is 0 Å². The summed E-state index contributed by atoms with van der Waals surface area (Å²) < 4.78 is 5.34. The fourth-order valence-electron chi connectivity index (χ4n) is 3.61. The third-order valence-corrected chi connectivity index (χ3v) is 5.07. The lowest BCUT2D eigenvalue weighted by molar-refractivity contribution is -0.384. The Hall–Kier alpha value is -3.94. The maximum atomic E-state index is 12.7. The molecule has 3 aromatic rings. The molecule has 0 saturated heterocycles. The molecule has 0 bridgehead atoms. The number of nitro benzene ring substituents is 1. The van der Waals surface area contributed by atoms with Gasteiger partial charge in [0.2, 0.25) is 5.91 Å². The second-order valence-electron chi connectivity index (χ2n) is 7.04. The Bertz CT molecular complexity index is 1160. The van der Waals surface area contributed by atoms with Crippen molar-refractivity contribution in [2.45, 2.75) is 13.0 Å². The minimum Gasteiger partial charge on any atom is -0.482 e. The molecule has 0 fully saturated rings. The van der Waals surface area contributed by atoms with Crippen LogP contribution in [0.2, 0.25) is 0 Å². The molecule has 1 atom stereocenters. The van der Waals surface area contributed by atoms with Crippen LogP contribution in [-0.2, 0) is 9.59 Å². The van der Waals surface area contributed by atoms with E-state index in [0.29, 0.717) is 5.75 Å². The lowest BCUT2D eigenvalue weighted by atomic mass is 10.00. The SMILES string of the molecule is CC(NC(=O)CN1C(=O)COc2ccc([N+](=O)[O-])cc21)c1cccc2ccccc12. The van der Waals surface area contributed by atoms with Crippen molar-refractivity contribution < 1.29 is 19.2 Å². The molecular weight excluding hydrogens is 386 g/mol. The van der Waals surface area contributed by atoms with E-state index in [1.54, 1.807) is 0 Å². The van der Waals surface area contributed by atoms with Crippen LogP contribution in [0.3, 0.4) is 0 Å². The van der Waals surface area contributed by atoms with E-state index in [1.807, 2.05) is 49.4 Å². The Labute approximate surface area is 172 Å². The number of nitrogens with zero attached hydrogens (tertiary/aromatic N) is 2. The molecule has 30 heavy (non-hydrogen) atoms. The van der Waals surface area contributed by atoms with Crippen molar-refractivity contribution in [2.75, 3.05) is 18.1 Å². The molecule has 8 heteroatoms. The molecule has 4 rings (SSSR count). The highest BCUT2D eigenvalue weighted by molar-refractivity contribution is 6.02. The van der Waals surface area contributed by atoms with Gasteiger partial charge in [0.25, 0.3) is 11.6 Å². The maximum absolute atomic E-state index is 12.7. The predicted molar refractivity (Wildman–Crippen MR) is 111 cm³/mol. The van der Waals surface area contributed by atoms with Crippen LogP contribution in [0.5, 0.6) is 5.75 Å². The van der Waals surface area contributed by atoms with Gasteiger partial charge in [0.15, 0.2) is 6.61 Å². The predicted octanol–water partition coefficient (Wildman–Crippen LogP) is 3.35. The van der Waals surface area contributed by atoms with E-state index in [-0.39, 0.29) is 36.5 Å². The number of amides is 2. The summed E-state index contributed by atoms with van der Waals surface area (Å²) >= 11 is 0. The number of nitrogens with one attached hydrogen (secondary N) is 1. The highest BCUT2D eigenvalue weighted by Crippen LogP contribution is 2.35. The first-order chi connectivity index (χ1) is 14.4. The smallest absolute Gasteiger partial charge is 0.271 e. The summed E-state index contributed by atoms with van der Waals surface area (Å²) in [4.78, 5) is 36.8. The molecule has 3 aromatic carbocycles. The fraction of sp³-hybridized carbons (Fsp3) is 0.182. The number of anilines is 1. The molecule has 1 unspecified atom stereocenters. The Morgan fingerprint density at radius 1 is 1.20 bits per heavy atom. The first-order valence-electron chi connectivity index (χ1n) is 9.42. The zero-order valence-corrected chi connectivity index (χ0v) is 16.2. The number of fused-ring (bicyclic) bond motifs is 2. The van der Waals surface area contributed by atoms with Crippen LogP contribution in [0, 0.1) is 10.1 Å². The number of nitro groups is 1. The van der Waals surface area contributed by atoms with Crippen LogP contribution in [0.15, 0.2) is 60.7 Å². The Morgan fingerprint density at radius 3 is 2.77 bits per heavy atom. The van der Waals surface area contributed by atoms with E-state index in [0.717, 1.165) is 16.3 Å². The topological polar surface area (TPSA) is 102 Å². The van der Waals surface area contributed by atoms with E-state index in [4.69, 9.17) is 4.74 Å². The van der Waals surface area contributed by atoms with E-state index < -0.39 is 10.8 Å². The molecule has 0 saturated carbocycles. The summed E-state index contributed by atoms with van der Waals surface area (Å²) in [6.07, 6.45) is 0. The molecule has 0 aromatic heterocycles. The molecule has 0 radical (unpaired) electrons. The number of hydrogen-bond donors (Lipinski definition) is 1. The van der Waals surface area contributed by atoms with Crippen molar-refractivity contribution in [2.24, 2.45) is 0 Å². The summed E-state index contributed by atoms with van der Waals surface area (Å²) in [5.41, 5.74) is 1.00. The van der Waals surface area contributed by atoms with Crippen LogP contribution in [0.4, 0.5) is 11.4 Å². The average molecular weight is 405 g/mol. The molecule has 8 nitrogen and oxygen atoms in total. The quantitative estimate of drug-likeness (QED) is 0.518. The van der Waals surface area contributed by atoms with Gasteiger partial charge in [0.05, 0.1) is 16.7 Å². The van der Waals surface area contributed by atoms with Crippen molar-refractivity contribution in [3.8, 4) is 5.75 Å². The Kier molecular flexibility index (Phi) is 5.05. The maximum Gasteiger partial charge on any atom is 0.271 e. The Balaban J connectivity index is 1.55. The summed E-state index contributed by atoms with van der Waals surface area (Å²) in [6, 6.07) is 17.5. The van der Waals surface area contributed by atoms with Crippen molar-refractivity contribution in [1.29, 1.82) is 0 Å². The van der Waals surface area contributed by atoms with Gasteiger partial charge in [0, 0.05) is 12.1 Å². The molecule has 2 amide bonds. The summed E-state index contributed by atoms with van der Waals surface area (Å²) in [5.74, 6) is -0.478. The van der Waals surface area contributed by atoms with Crippen LogP contribution in [0.1, 0.15) is 18.5 Å². The number of benzene rings is 3. The average Bonchev–Trinajstić information content (AvgIpc) is 2.74. The molecule has 0 spiro atoms. The van der Waals surface area contributed by atoms with Crippen LogP contribution >= 0.6 is 0 Å². The van der Waals surface area contributed by atoms with Gasteiger partial charge in [0.1, 0.15) is 12.3 Å². The molecule has 152 valence electrons. The fourth-order valence-corrected chi connectivity index (χ4v) is 3.61.